The maximum atomic E-state index is 11.7. The normalized spacial score (nSPS) is 11.7. The lowest BCUT2D eigenvalue weighted by atomic mass is 10.3. The topological polar surface area (TPSA) is 56.1 Å². The maximum Gasteiger partial charge on any atom is 0.253 e. The molecule has 4 nitrogen and oxygen atoms in total. The molecule has 0 atom stereocenters. The van der Waals surface area contributed by atoms with Crippen molar-refractivity contribution in [1.29, 1.82) is 0 Å². The molecule has 0 unspecified atom stereocenters. The second-order valence-electron chi connectivity index (χ2n) is 3.93. The lowest BCUT2D eigenvalue weighted by molar-refractivity contribution is 0.584. The highest BCUT2D eigenvalue weighted by Crippen LogP contribution is 2.08. The van der Waals surface area contributed by atoms with Crippen molar-refractivity contribution in [1.82, 2.24) is 4.57 Å². The summed E-state index contributed by atoms with van der Waals surface area (Å²) in [5.41, 5.74) is 0.583. The fourth-order valence-electron chi connectivity index (χ4n) is 1.51. The molecule has 1 aromatic rings. The second-order valence-corrected chi connectivity index (χ2v) is 7.32. The van der Waals surface area contributed by atoms with E-state index in [0.29, 0.717) is 18.5 Å². The molecule has 17 heavy (non-hydrogen) atoms. The minimum atomic E-state index is -2.95. The van der Waals surface area contributed by atoms with Crippen LogP contribution in [-0.4, -0.2) is 24.5 Å². The first-order valence-corrected chi connectivity index (χ1v) is 8.04. The predicted octanol–water partition coefficient (Wildman–Crippen LogP) is 1.74. The van der Waals surface area contributed by atoms with Crippen LogP contribution in [0.2, 0.25) is 0 Å². The Hall–Kier alpha value is -0.620. The molecule has 0 fully saturated rings. The van der Waals surface area contributed by atoms with Gasteiger partial charge in [0.05, 0.1) is 5.75 Å². The molecule has 0 aliphatic rings. The van der Waals surface area contributed by atoms with Crippen LogP contribution in [0.1, 0.15) is 18.9 Å². The Morgan fingerprint density at radius 2 is 2.06 bits per heavy atom. The van der Waals surface area contributed by atoms with E-state index in [9.17, 15) is 13.2 Å². The largest absolute Gasteiger partial charge is 0.314 e. The van der Waals surface area contributed by atoms with E-state index >= 15 is 0 Å². The molecule has 0 aromatic carbocycles. The highest BCUT2D eigenvalue weighted by atomic mass is 79.9. The van der Waals surface area contributed by atoms with Gasteiger partial charge in [-0.05, 0) is 35.3 Å². The second kappa shape index (κ2) is 5.82. The van der Waals surface area contributed by atoms with E-state index in [2.05, 4.69) is 15.9 Å². The van der Waals surface area contributed by atoms with Gasteiger partial charge in [0.1, 0.15) is 9.84 Å². The molecule has 0 aliphatic heterocycles. The highest BCUT2D eigenvalue weighted by Gasteiger charge is 2.08. The third kappa shape index (κ3) is 4.27. The Morgan fingerprint density at radius 3 is 2.65 bits per heavy atom. The Labute approximate surface area is 110 Å². The molecule has 96 valence electrons. The Balaban J connectivity index is 2.74. The van der Waals surface area contributed by atoms with Gasteiger partial charge in [0.15, 0.2) is 0 Å². The smallest absolute Gasteiger partial charge is 0.253 e. The Kier molecular flexibility index (Phi) is 4.94. The number of hydrogen-bond acceptors (Lipinski definition) is 3. The summed E-state index contributed by atoms with van der Waals surface area (Å²) in [6, 6.07) is 1.75. The monoisotopic (exact) mass is 321 g/mol. The minimum absolute atomic E-state index is 0.0675. The molecule has 0 amide bonds. The van der Waals surface area contributed by atoms with Crippen molar-refractivity contribution in [2.45, 2.75) is 26.8 Å². The molecule has 1 heterocycles. The van der Waals surface area contributed by atoms with Gasteiger partial charge in [0, 0.05) is 28.5 Å². The zero-order chi connectivity index (χ0) is 13.1. The van der Waals surface area contributed by atoms with Gasteiger partial charge in [-0.15, -0.1) is 0 Å². The van der Waals surface area contributed by atoms with Crippen LogP contribution in [0.5, 0.6) is 0 Å². The Morgan fingerprint density at radius 1 is 1.41 bits per heavy atom. The van der Waals surface area contributed by atoms with Crippen LogP contribution >= 0.6 is 15.9 Å². The lowest BCUT2D eigenvalue weighted by Gasteiger charge is -2.07. The van der Waals surface area contributed by atoms with Crippen LogP contribution in [0.3, 0.4) is 0 Å². The molecule has 0 spiro atoms. The van der Waals surface area contributed by atoms with Crippen LogP contribution in [0, 0.1) is 6.92 Å². The van der Waals surface area contributed by atoms with Crippen molar-refractivity contribution in [2.75, 3.05) is 11.5 Å². The van der Waals surface area contributed by atoms with Gasteiger partial charge >= 0.3 is 0 Å². The number of halogens is 1. The first-order chi connectivity index (χ1) is 7.85. The molecule has 6 heteroatoms. The van der Waals surface area contributed by atoms with Crippen molar-refractivity contribution in [3.05, 3.63) is 32.7 Å². The van der Waals surface area contributed by atoms with Crippen molar-refractivity contribution >= 4 is 25.8 Å². The number of nitrogens with zero attached hydrogens (tertiary/aromatic N) is 1. The predicted molar refractivity (Wildman–Crippen MR) is 72.1 cm³/mol. The number of pyridine rings is 1. The van der Waals surface area contributed by atoms with E-state index in [-0.39, 0.29) is 17.1 Å². The summed E-state index contributed by atoms with van der Waals surface area (Å²) in [6.07, 6.45) is 2.15. The molecule has 1 rings (SSSR count). The molecule has 0 aliphatic carbocycles. The third-order valence-corrected chi connectivity index (χ3v) is 4.75. The van der Waals surface area contributed by atoms with Gasteiger partial charge in [-0.2, -0.15) is 0 Å². The van der Waals surface area contributed by atoms with Crippen LogP contribution in [0.4, 0.5) is 0 Å². The average Bonchev–Trinajstić information content (AvgIpc) is 2.24. The van der Waals surface area contributed by atoms with E-state index in [1.54, 1.807) is 30.7 Å². The first kappa shape index (κ1) is 14.4. The fraction of sp³-hybridized carbons (Fsp3) is 0.545. The minimum Gasteiger partial charge on any atom is -0.314 e. The van der Waals surface area contributed by atoms with E-state index in [1.165, 1.54) is 0 Å². The number of aryl methyl sites for hydroxylation is 2. The van der Waals surface area contributed by atoms with E-state index < -0.39 is 9.84 Å². The van der Waals surface area contributed by atoms with Crippen molar-refractivity contribution < 1.29 is 8.42 Å². The fourth-order valence-corrected chi connectivity index (χ4v) is 2.95. The van der Waals surface area contributed by atoms with E-state index in [1.807, 2.05) is 0 Å². The highest BCUT2D eigenvalue weighted by molar-refractivity contribution is 9.10. The molecule has 0 bridgehead atoms. The van der Waals surface area contributed by atoms with Crippen LogP contribution in [-0.2, 0) is 16.4 Å². The molecular formula is C11H16BrNO3S. The molecule has 0 N–H and O–H groups in total. The standard InChI is InChI=1S/C11H16BrNO3S/c1-3-17(15,16)6-4-5-13-8-10(12)7-9(2)11(13)14/h7-8H,3-6H2,1-2H3. The van der Waals surface area contributed by atoms with Gasteiger partial charge in [-0.1, -0.05) is 6.92 Å². The van der Waals surface area contributed by atoms with Crippen molar-refractivity contribution in [2.24, 2.45) is 0 Å². The molecule has 0 saturated carbocycles. The average molecular weight is 322 g/mol. The number of sulfone groups is 1. The van der Waals surface area contributed by atoms with Crippen LogP contribution in [0.15, 0.2) is 21.5 Å². The van der Waals surface area contributed by atoms with Gasteiger partial charge in [0.2, 0.25) is 0 Å². The van der Waals surface area contributed by atoms with Gasteiger partial charge < -0.3 is 4.57 Å². The summed E-state index contributed by atoms with van der Waals surface area (Å²) in [7, 11) is -2.95. The molecule has 1 aromatic heterocycles. The van der Waals surface area contributed by atoms with Gasteiger partial charge in [-0.25, -0.2) is 8.42 Å². The molecule has 0 radical (unpaired) electrons. The summed E-state index contributed by atoms with van der Waals surface area (Å²) in [5.74, 6) is 0.279. The van der Waals surface area contributed by atoms with E-state index in [4.69, 9.17) is 0 Å². The maximum absolute atomic E-state index is 11.7. The SMILES string of the molecule is CCS(=O)(=O)CCCn1cc(Br)cc(C)c1=O. The molecule has 0 saturated heterocycles. The molecular weight excluding hydrogens is 306 g/mol. The van der Waals surface area contributed by atoms with Crippen molar-refractivity contribution in [3.63, 3.8) is 0 Å². The lowest BCUT2D eigenvalue weighted by Crippen LogP contribution is -2.23. The van der Waals surface area contributed by atoms with Crippen LogP contribution < -0.4 is 5.56 Å². The zero-order valence-electron chi connectivity index (χ0n) is 9.94. The van der Waals surface area contributed by atoms with Crippen LogP contribution in [0.25, 0.3) is 0 Å². The Bertz CT molecular complexity index is 548. The number of hydrogen-bond donors (Lipinski definition) is 0. The number of rotatable bonds is 5. The summed E-state index contributed by atoms with van der Waals surface area (Å²) >= 11 is 3.31. The van der Waals surface area contributed by atoms with E-state index in [0.717, 1.165) is 4.47 Å². The third-order valence-electron chi connectivity index (χ3n) is 2.53. The number of aromatic nitrogens is 1. The first-order valence-electron chi connectivity index (χ1n) is 5.42. The zero-order valence-corrected chi connectivity index (χ0v) is 12.3. The van der Waals surface area contributed by atoms with Crippen molar-refractivity contribution in [3.8, 4) is 0 Å². The van der Waals surface area contributed by atoms with Gasteiger partial charge in [-0.3, -0.25) is 4.79 Å². The quantitative estimate of drug-likeness (QED) is 0.830. The summed E-state index contributed by atoms with van der Waals surface area (Å²) in [6.45, 7) is 3.80. The summed E-state index contributed by atoms with van der Waals surface area (Å²) in [4.78, 5) is 11.7. The summed E-state index contributed by atoms with van der Waals surface area (Å²) < 4.78 is 25.0. The van der Waals surface area contributed by atoms with Gasteiger partial charge in [0.25, 0.3) is 5.56 Å². The summed E-state index contributed by atoms with van der Waals surface area (Å²) in [5, 5.41) is 0.